The van der Waals surface area contributed by atoms with Crippen molar-refractivity contribution in [3.63, 3.8) is 0 Å². The van der Waals surface area contributed by atoms with E-state index in [0.717, 1.165) is 28.7 Å². The van der Waals surface area contributed by atoms with Crippen LogP contribution in [0.2, 0.25) is 0 Å². The van der Waals surface area contributed by atoms with Gasteiger partial charge in [0, 0.05) is 5.41 Å². The summed E-state index contributed by atoms with van der Waals surface area (Å²) in [7, 11) is 0. The summed E-state index contributed by atoms with van der Waals surface area (Å²) in [6, 6.07) is 10.8. The van der Waals surface area contributed by atoms with Crippen molar-refractivity contribution < 1.29 is 18.7 Å². The molecule has 3 rings (SSSR count). The van der Waals surface area contributed by atoms with Gasteiger partial charge in [-0.1, -0.05) is 38.1 Å². The molecule has 1 aliphatic rings. The van der Waals surface area contributed by atoms with E-state index in [1.54, 1.807) is 6.07 Å². The van der Waals surface area contributed by atoms with Gasteiger partial charge in [0.2, 0.25) is 0 Å². The molecule has 0 fully saturated rings. The second-order valence-electron chi connectivity index (χ2n) is 6.97. The monoisotopic (exact) mass is 343 g/mol. The van der Waals surface area contributed by atoms with Crippen LogP contribution in [0.25, 0.3) is 11.1 Å². The molecule has 5 heteroatoms. The van der Waals surface area contributed by atoms with Crippen molar-refractivity contribution in [2.75, 3.05) is 6.61 Å². The SMILES string of the molecule is CCOc1ccc(-c2ccc3c(c2)CC(C)(C)C3OC(N)=O)cc1F. The average molecular weight is 343 g/mol. The number of nitrogens with two attached hydrogens (primary N) is 1. The van der Waals surface area contributed by atoms with Crippen LogP contribution >= 0.6 is 0 Å². The Labute approximate surface area is 146 Å². The summed E-state index contributed by atoms with van der Waals surface area (Å²) >= 11 is 0. The van der Waals surface area contributed by atoms with E-state index in [-0.39, 0.29) is 23.1 Å². The fraction of sp³-hybridized carbons (Fsp3) is 0.350. The fourth-order valence-electron chi connectivity index (χ4n) is 3.49. The molecule has 25 heavy (non-hydrogen) atoms. The Bertz CT molecular complexity index is 817. The molecule has 4 nitrogen and oxygen atoms in total. The van der Waals surface area contributed by atoms with Crippen LogP contribution in [-0.4, -0.2) is 12.7 Å². The molecule has 0 aliphatic heterocycles. The number of primary amides is 1. The molecule has 0 saturated carbocycles. The summed E-state index contributed by atoms with van der Waals surface area (Å²) < 4.78 is 24.7. The predicted molar refractivity (Wildman–Crippen MR) is 93.9 cm³/mol. The highest BCUT2D eigenvalue weighted by Crippen LogP contribution is 2.48. The van der Waals surface area contributed by atoms with Crippen molar-refractivity contribution in [1.82, 2.24) is 0 Å². The highest BCUT2D eigenvalue weighted by molar-refractivity contribution is 5.68. The van der Waals surface area contributed by atoms with Crippen molar-refractivity contribution in [1.29, 1.82) is 0 Å². The average Bonchev–Trinajstić information content (AvgIpc) is 2.78. The molecule has 2 aromatic carbocycles. The van der Waals surface area contributed by atoms with E-state index < -0.39 is 6.09 Å². The number of carbonyl (C=O) groups excluding carboxylic acids is 1. The van der Waals surface area contributed by atoms with Gasteiger partial charge in [0.15, 0.2) is 11.6 Å². The third kappa shape index (κ3) is 3.31. The summed E-state index contributed by atoms with van der Waals surface area (Å²) in [6.07, 6.45) is -0.386. The molecule has 1 amide bonds. The zero-order valence-electron chi connectivity index (χ0n) is 14.6. The van der Waals surface area contributed by atoms with Gasteiger partial charge in [-0.2, -0.15) is 0 Å². The largest absolute Gasteiger partial charge is 0.491 e. The van der Waals surface area contributed by atoms with E-state index in [9.17, 15) is 9.18 Å². The van der Waals surface area contributed by atoms with Gasteiger partial charge in [0.1, 0.15) is 6.10 Å². The molecule has 0 aromatic heterocycles. The van der Waals surface area contributed by atoms with Crippen LogP contribution in [0.15, 0.2) is 36.4 Å². The summed E-state index contributed by atoms with van der Waals surface area (Å²) in [6.45, 7) is 6.32. The second kappa shape index (κ2) is 6.39. The molecule has 0 saturated heterocycles. The number of hydrogen-bond acceptors (Lipinski definition) is 3. The Hall–Kier alpha value is -2.56. The van der Waals surface area contributed by atoms with Crippen LogP contribution in [-0.2, 0) is 11.2 Å². The van der Waals surface area contributed by atoms with Crippen LogP contribution in [0.3, 0.4) is 0 Å². The molecular formula is C20H22FNO3. The van der Waals surface area contributed by atoms with Gasteiger partial charge < -0.3 is 15.2 Å². The first-order valence-corrected chi connectivity index (χ1v) is 8.33. The van der Waals surface area contributed by atoms with Gasteiger partial charge in [-0.15, -0.1) is 0 Å². The van der Waals surface area contributed by atoms with Crippen molar-refractivity contribution in [2.24, 2.45) is 11.1 Å². The van der Waals surface area contributed by atoms with Crippen LogP contribution in [0, 0.1) is 11.2 Å². The maximum absolute atomic E-state index is 14.1. The number of carbonyl (C=O) groups is 1. The molecule has 2 aromatic rings. The van der Waals surface area contributed by atoms with Crippen molar-refractivity contribution in [2.45, 2.75) is 33.3 Å². The smallest absolute Gasteiger partial charge is 0.405 e. The highest BCUT2D eigenvalue weighted by atomic mass is 19.1. The number of fused-ring (bicyclic) bond motifs is 1. The lowest BCUT2D eigenvalue weighted by Gasteiger charge is -2.26. The molecule has 2 N–H and O–H groups in total. The number of ether oxygens (including phenoxy) is 2. The van der Waals surface area contributed by atoms with Crippen molar-refractivity contribution >= 4 is 6.09 Å². The quantitative estimate of drug-likeness (QED) is 0.882. The van der Waals surface area contributed by atoms with Crippen LogP contribution in [0.1, 0.15) is 38.0 Å². The van der Waals surface area contributed by atoms with Gasteiger partial charge in [-0.3, -0.25) is 0 Å². The Morgan fingerprint density at radius 1 is 1.24 bits per heavy atom. The Morgan fingerprint density at radius 2 is 1.92 bits per heavy atom. The van der Waals surface area contributed by atoms with Gasteiger partial charge in [-0.05, 0) is 47.7 Å². The molecule has 1 unspecified atom stereocenters. The molecule has 0 bridgehead atoms. The minimum absolute atomic E-state index is 0.236. The van der Waals surface area contributed by atoms with E-state index in [1.165, 1.54) is 6.07 Å². The predicted octanol–water partition coefficient (Wildman–Crippen LogP) is 4.61. The molecule has 0 radical (unpaired) electrons. The zero-order valence-corrected chi connectivity index (χ0v) is 14.6. The fourth-order valence-corrected chi connectivity index (χ4v) is 3.49. The van der Waals surface area contributed by atoms with E-state index >= 15 is 0 Å². The van der Waals surface area contributed by atoms with E-state index in [1.807, 2.05) is 45.0 Å². The molecule has 0 heterocycles. The summed E-state index contributed by atoms with van der Waals surface area (Å²) in [5.41, 5.74) is 8.71. The number of benzene rings is 2. The highest BCUT2D eigenvalue weighted by Gasteiger charge is 2.41. The first-order valence-electron chi connectivity index (χ1n) is 8.33. The van der Waals surface area contributed by atoms with Crippen molar-refractivity contribution in [3.05, 3.63) is 53.3 Å². The van der Waals surface area contributed by atoms with Gasteiger partial charge in [-0.25, -0.2) is 9.18 Å². The summed E-state index contributed by atoms with van der Waals surface area (Å²) in [5.74, 6) is -0.126. The van der Waals surface area contributed by atoms with Gasteiger partial charge in [0.05, 0.1) is 6.61 Å². The number of halogens is 1. The van der Waals surface area contributed by atoms with E-state index in [2.05, 4.69) is 0 Å². The van der Waals surface area contributed by atoms with Crippen LogP contribution < -0.4 is 10.5 Å². The molecule has 1 atom stereocenters. The normalized spacial score (nSPS) is 17.8. The summed E-state index contributed by atoms with van der Waals surface area (Å²) in [4.78, 5) is 11.2. The Kier molecular flexibility index (Phi) is 4.41. The lowest BCUT2D eigenvalue weighted by atomic mass is 9.87. The van der Waals surface area contributed by atoms with Crippen LogP contribution in [0.5, 0.6) is 5.75 Å². The van der Waals surface area contributed by atoms with Gasteiger partial charge in [0.25, 0.3) is 0 Å². The number of rotatable bonds is 4. The molecule has 132 valence electrons. The van der Waals surface area contributed by atoms with E-state index in [4.69, 9.17) is 15.2 Å². The van der Waals surface area contributed by atoms with Crippen LogP contribution in [0.4, 0.5) is 9.18 Å². The minimum atomic E-state index is -0.774. The first kappa shape index (κ1) is 17.3. The standard InChI is InChI=1S/C20H22FNO3/c1-4-24-17-8-6-13(10-16(17)21)12-5-7-15-14(9-12)11-20(2,3)18(15)25-19(22)23/h5-10,18H,4,11H2,1-3H3,(H2,22,23). The zero-order chi connectivity index (χ0) is 18.2. The molecule has 0 spiro atoms. The molecular weight excluding hydrogens is 321 g/mol. The lowest BCUT2D eigenvalue weighted by molar-refractivity contribution is 0.0392. The van der Waals surface area contributed by atoms with E-state index in [0.29, 0.717) is 6.61 Å². The number of hydrogen-bond donors (Lipinski definition) is 1. The third-order valence-electron chi connectivity index (χ3n) is 4.58. The third-order valence-corrected chi connectivity index (χ3v) is 4.58. The second-order valence-corrected chi connectivity index (χ2v) is 6.97. The Balaban J connectivity index is 1.95. The Morgan fingerprint density at radius 3 is 2.56 bits per heavy atom. The maximum Gasteiger partial charge on any atom is 0.405 e. The maximum atomic E-state index is 14.1. The van der Waals surface area contributed by atoms with Crippen molar-refractivity contribution in [3.8, 4) is 16.9 Å². The molecule has 1 aliphatic carbocycles. The summed E-state index contributed by atoms with van der Waals surface area (Å²) in [5, 5.41) is 0. The lowest BCUT2D eigenvalue weighted by Crippen LogP contribution is -2.25. The first-order chi connectivity index (χ1) is 11.8. The minimum Gasteiger partial charge on any atom is -0.491 e. The van der Waals surface area contributed by atoms with Gasteiger partial charge >= 0.3 is 6.09 Å². The number of amides is 1. The topological polar surface area (TPSA) is 61.6 Å².